The summed E-state index contributed by atoms with van der Waals surface area (Å²) in [6.45, 7) is -0.531. The summed E-state index contributed by atoms with van der Waals surface area (Å²) in [6.07, 6.45) is 5.45. The molecule has 10 heteroatoms. The topological polar surface area (TPSA) is 131 Å². The zero-order valence-electron chi connectivity index (χ0n) is 16.4. The van der Waals surface area contributed by atoms with E-state index in [4.69, 9.17) is 4.74 Å². The molecule has 0 atom stereocenters. The van der Waals surface area contributed by atoms with Crippen LogP contribution in [0.2, 0.25) is 0 Å². The smallest absolute Gasteiger partial charge is 0.321 e. The minimum absolute atomic E-state index is 0.0275. The largest absolute Gasteiger partial charge is 0.456 e. The molecule has 2 rings (SSSR count). The number of benzene rings is 1. The fourth-order valence-corrected chi connectivity index (χ4v) is 3.78. The van der Waals surface area contributed by atoms with E-state index in [1.165, 1.54) is 19.2 Å². The fourth-order valence-electron chi connectivity index (χ4n) is 3.05. The van der Waals surface area contributed by atoms with Gasteiger partial charge in [0.2, 0.25) is 10.0 Å². The molecular weight excluding hydrogens is 398 g/mol. The first kappa shape index (κ1) is 22.8. The summed E-state index contributed by atoms with van der Waals surface area (Å²) in [5.41, 5.74) is 0.758. The third-order valence-electron chi connectivity index (χ3n) is 4.68. The standard InChI is InChI=1S/C19H27N3O6S/c1-20-29(26,27)16-10-7-14(8-11-16)9-12-18(24)28-13-17(23)22-19(25)21-15-5-3-2-4-6-15/h7-8,10-11,15,20H,2-6,9,12-13H2,1H3,(H2,21,22,23,25). The molecule has 160 valence electrons. The number of nitrogens with one attached hydrogen (secondary N) is 3. The van der Waals surface area contributed by atoms with Gasteiger partial charge in [0.1, 0.15) is 0 Å². The minimum atomic E-state index is -3.50. The summed E-state index contributed by atoms with van der Waals surface area (Å²) in [4.78, 5) is 35.4. The highest BCUT2D eigenvalue weighted by atomic mass is 32.2. The summed E-state index contributed by atoms with van der Waals surface area (Å²) in [7, 11) is -2.17. The van der Waals surface area contributed by atoms with E-state index < -0.39 is 34.5 Å². The van der Waals surface area contributed by atoms with Crippen LogP contribution < -0.4 is 15.4 Å². The van der Waals surface area contributed by atoms with E-state index >= 15 is 0 Å². The molecule has 0 bridgehead atoms. The van der Waals surface area contributed by atoms with Crippen molar-refractivity contribution in [1.82, 2.24) is 15.4 Å². The van der Waals surface area contributed by atoms with Crippen molar-refractivity contribution >= 4 is 27.9 Å². The molecule has 1 aromatic carbocycles. The predicted octanol–water partition coefficient (Wildman–Crippen LogP) is 1.23. The van der Waals surface area contributed by atoms with Gasteiger partial charge in [0.25, 0.3) is 5.91 Å². The lowest BCUT2D eigenvalue weighted by atomic mass is 9.96. The van der Waals surface area contributed by atoms with Crippen molar-refractivity contribution in [2.45, 2.75) is 55.9 Å². The number of ether oxygens (including phenoxy) is 1. The molecule has 0 unspecified atom stereocenters. The number of hydrogen-bond donors (Lipinski definition) is 3. The second-order valence-corrected chi connectivity index (χ2v) is 8.76. The summed E-state index contributed by atoms with van der Waals surface area (Å²) >= 11 is 0. The fraction of sp³-hybridized carbons (Fsp3) is 0.526. The number of rotatable bonds is 8. The van der Waals surface area contributed by atoms with Crippen molar-refractivity contribution in [3.8, 4) is 0 Å². The van der Waals surface area contributed by atoms with Crippen molar-refractivity contribution in [2.75, 3.05) is 13.7 Å². The first-order chi connectivity index (χ1) is 13.8. The van der Waals surface area contributed by atoms with Gasteiger partial charge in [-0.05, 0) is 44.0 Å². The Morgan fingerprint density at radius 1 is 1.07 bits per heavy atom. The third-order valence-corrected chi connectivity index (χ3v) is 6.11. The maximum atomic E-state index is 11.8. The molecule has 9 nitrogen and oxygen atoms in total. The quantitative estimate of drug-likeness (QED) is 0.537. The molecular formula is C19H27N3O6S. The Morgan fingerprint density at radius 3 is 2.34 bits per heavy atom. The highest BCUT2D eigenvalue weighted by Crippen LogP contribution is 2.17. The number of sulfonamides is 1. The Balaban J connectivity index is 1.67. The summed E-state index contributed by atoms with van der Waals surface area (Å²) in [5, 5.41) is 4.90. The van der Waals surface area contributed by atoms with E-state index in [9.17, 15) is 22.8 Å². The number of esters is 1. The van der Waals surface area contributed by atoms with Crippen LogP contribution in [0.3, 0.4) is 0 Å². The van der Waals surface area contributed by atoms with Gasteiger partial charge in [-0.1, -0.05) is 31.4 Å². The molecule has 1 aliphatic carbocycles. The maximum absolute atomic E-state index is 11.8. The Bertz CT molecular complexity index is 817. The van der Waals surface area contributed by atoms with E-state index in [-0.39, 0.29) is 17.4 Å². The first-order valence-corrected chi connectivity index (χ1v) is 11.1. The van der Waals surface area contributed by atoms with Crippen molar-refractivity contribution in [1.29, 1.82) is 0 Å². The zero-order chi connectivity index (χ0) is 21.3. The van der Waals surface area contributed by atoms with E-state index in [1.54, 1.807) is 12.1 Å². The number of urea groups is 1. The Morgan fingerprint density at radius 2 is 1.72 bits per heavy atom. The highest BCUT2D eigenvalue weighted by Gasteiger charge is 2.17. The van der Waals surface area contributed by atoms with Crippen molar-refractivity contribution < 1.29 is 27.5 Å². The van der Waals surface area contributed by atoms with E-state index in [2.05, 4.69) is 15.4 Å². The minimum Gasteiger partial charge on any atom is -0.456 e. The van der Waals surface area contributed by atoms with Crippen molar-refractivity contribution in [2.24, 2.45) is 0 Å². The molecule has 0 radical (unpaired) electrons. The summed E-state index contributed by atoms with van der Waals surface area (Å²) in [5.74, 6) is -1.27. The van der Waals surface area contributed by atoms with Gasteiger partial charge in [-0.15, -0.1) is 0 Å². The van der Waals surface area contributed by atoms with E-state index in [0.29, 0.717) is 6.42 Å². The maximum Gasteiger partial charge on any atom is 0.321 e. The molecule has 1 aromatic rings. The average molecular weight is 426 g/mol. The normalized spacial score (nSPS) is 14.8. The Labute approximate surface area is 170 Å². The average Bonchev–Trinajstić information content (AvgIpc) is 2.71. The molecule has 0 saturated heterocycles. The lowest BCUT2D eigenvalue weighted by molar-refractivity contribution is -0.148. The molecule has 0 aliphatic heterocycles. The van der Waals surface area contributed by atoms with Crippen LogP contribution in [-0.4, -0.2) is 46.0 Å². The summed E-state index contributed by atoms with van der Waals surface area (Å²) in [6, 6.07) is 5.62. The molecule has 1 aliphatic rings. The van der Waals surface area contributed by atoms with Crippen molar-refractivity contribution in [3.05, 3.63) is 29.8 Å². The summed E-state index contributed by atoms with van der Waals surface area (Å²) < 4.78 is 30.4. The second-order valence-electron chi connectivity index (χ2n) is 6.87. The van der Waals surface area contributed by atoms with Crippen LogP contribution in [-0.2, 0) is 30.8 Å². The molecule has 3 N–H and O–H groups in total. The lowest BCUT2D eigenvalue weighted by Gasteiger charge is -2.22. The van der Waals surface area contributed by atoms with Crippen LogP contribution in [0.25, 0.3) is 0 Å². The van der Waals surface area contributed by atoms with Gasteiger partial charge < -0.3 is 10.1 Å². The number of hydrogen-bond acceptors (Lipinski definition) is 6. The molecule has 0 aromatic heterocycles. The highest BCUT2D eigenvalue weighted by molar-refractivity contribution is 7.89. The Kier molecular flexibility index (Phi) is 8.59. The van der Waals surface area contributed by atoms with Crippen LogP contribution in [0.4, 0.5) is 4.79 Å². The monoisotopic (exact) mass is 425 g/mol. The van der Waals surface area contributed by atoms with Gasteiger partial charge in [-0.2, -0.15) is 0 Å². The molecule has 1 saturated carbocycles. The van der Waals surface area contributed by atoms with E-state index in [0.717, 1.165) is 37.7 Å². The van der Waals surface area contributed by atoms with Gasteiger partial charge in [-0.3, -0.25) is 14.9 Å². The number of imide groups is 1. The van der Waals surface area contributed by atoms with Crippen LogP contribution >= 0.6 is 0 Å². The predicted molar refractivity (Wildman–Crippen MR) is 106 cm³/mol. The Hall–Kier alpha value is -2.46. The number of carbonyl (C=O) groups is 3. The molecule has 0 spiro atoms. The number of amides is 3. The van der Waals surface area contributed by atoms with Gasteiger partial charge in [0.15, 0.2) is 6.61 Å². The van der Waals surface area contributed by atoms with Crippen LogP contribution in [0.15, 0.2) is 29.2 Å². The third kappa shape index (κ3) is 7.82. The first-order valence-electron chi connectivity index (χ1n) is 9.58. The number of carbonyl (C=O) groups excluding carboxylic acids is 3. The van der Waals surface area contributed by atoms with Gasteiger partial charge in [0, 0.05) is 12.5 Å². The van der Waals surface area contributed by atoms with Gasteiger partial charge in [-0.25, -0.2) is 17.9 Å². The van der Waals surface area contributed by atoms with Gasteiger partial charge in [0.05, 0.1) is 4.90 Å². The molecule has 29 heavy (non-hydrogen) atoms. The molecule has 1 fully saturated rings. The van der Waals surface area contributed by atoms with Crippen molar-refractivity contribution in [3.63, 3.8) is 0 Å². The lowest BCUT2D eigenvalue weighted by Crippen LogP contribution is -2.46. The van der Waals surface area contributed by atoms with Crippen LogP contribution in [0, 0.1) is 0 Å². The van der Waals surface area contributed by atoms with Gasteiger partial charge >= 0.3 is 12.0 Å². The SMILES string of the molecule is CNS(=O)(=O)c1ccc(CCC(=O)OCC(=O)NC(=O)NC2CCCCC2)cc1. The second kappa shape index (κ2) is 10.9. The molecule has 3 amide bonds. The number of aryl methyl sites for hydroxylation is 1. The zero-order valence-corrected chi connectivity index (χ0v) is 17.2. The van der Waals surface area contributed by atoms with Crippen LogP contribution in [0.5, 0.6) is 0 Å². The van der Waals surface area contributed by atoms with E-state index in [1.807, 2.05) is 0 Å². The molecule has 0 heterocycles. The van der Waals surface area contributed by atoms with Crippen LogP contribution in [0.1, 0.15) is 44.1 Å².